The molecule has 0 aliphatic heterocycles. The van der Waals surface area contributed by atoms with Crippen LogP contribution in [0.3, 0.4) is 0 Å². The van der Waals surface area contributed by atoms with Gasteiger partial charge in [0.05, 0.1) is 13.5 Å². The maximum atomic E-state index is 13.6. The third-order valence-electron chi connectivity index (χ3n) is 2.67. The molecule has 0 radical (unpaired) electrons. The monoisotopic (exact) mass is 287 g/mol. The summed E-state index contributed by atoms with van der Waals surface area (Å²) in [6, 6.07) is 4.23. The Labute approximate surface area is 116 Å². The molecule has 19 heavy (non-hydrogen) atoms. The topological polar surface area (TPSA) is 46.6 Å². The number of amides is 1. The highest BCUT2D eigenvalue weighted by Gasteiger charge is 2.19. The van der Waals surface area contributed by atoms with Gasteiger partial charge in [0.15, 0.2) is 0 Å². The molecule has 4 nitrogen and oxygen atoms in total. The summed E-state index contributed by atoms with van der Waals surface area (Å²) in [7, 11) is 1.24. The lowest BCUT2D eigenvalue weighted by atomic mass is 10.1. The minimum absolute atomic E-state index is 0.137. The average Bonchev–Trinajstić information content (AvgIpc) is 2.39. The molecule has 0 fully saturated rings. The zero-order valence-corrected chi connectivity index (χ0v) is 11.5. The largest absolute Gasteiger partial charge is 0.468 e. The van der Waals surface area contributed by atoms with Crippen molar-refractivity contribution >= 4 is 23.5 Å². The summed E-state index contributed by atoms with van der Waals surface area (Å²) in [6.45, 7) is 1.90. The first-order chi connectivity index (χ1) is 8.99. The van der Waals surface area contributed by atoms with Crippen molar-refractivity contribution in [2.45, 2.75) is 13.3 Å². The van der Waals surface area contributed by atoms with E-state index in [-0.39, 0.29) is 29.5 Å². The lowest BCUT2D eigenvalue weighted by Gasteiger charge is -2.19. The van der Waals surface area contributed by atoms with E-state index in [1.807, 2.05) is 0 Å². The number of carbonyl (C=O) groups is 2. The summed E-state index contributed by atoms with van der Waals surface area (Å²) < 4.78 is 18.1. The molecule has 0 atom stereocenters. The first kappa shape index (κ1) is 15.4. The van der Waals surface area contributed by atoms with Gasteiger partial charge in [-0.05, 0) is 19.1 Å². The Morgan fingerprint density at radius 3 is 2.63 bits per heavy atom. The summed E-state index contributed by atoms with van der Waals surface area (Å²) in [4.78, 5) is 24.4. The Kier molecular flexibility index (Phi) is 5.76. The van der Waals surface area contributed by atoms with E-state index >= 15 is 0 Å². The normalized spacial score (nSPS) is 10.1. The van der Waals surface area contributed by atoms with Gasteiger partial charge in [-0.25, -0.2) is 4.39 Å². The highest BCUT2D eigenvalue weighted by molar-refractivity contribution is 6.31. The number of benzene rings is 1. The van der Waals surface area contributed by atoms with Crippen LogP contribution in [0.4, 0.5) is 4.39 Å². The maximum absolute atomic E-state index is 13.6. The maximum Gasteiger partial charge on any atom is 0.325 e. The van der Waals surface area contributed by atoms with Gasteiger partial charge < -0.3 is 9.64 Å². The zero-order chi connectivity index (χ0) is 14.4. The molecule has 0 heterocycles. The van der Waals surface area contributed by atoms with Crippen LogP contribution in [-0.4, -0.2) is 37.0 Å². The number of likely N-dealkylation sites (N-methyl/N-ethyl adjacent to an activating group) is 1. The molecule has 1 aromatic carbocycles. The van der Waals surface area contributed by atoms with Gasteiger partial charge in [-0.2, -0.15) is 0 Å². The number of ether oxygens (including phenoxy) is 1. The first-order valence-electron chi connectivity index (χ1n) is 5.77. The minimum Gasteiger partial charge on any atom is -0.468 e. The van der Waals surface area contributed by atoms with Crippen molar-refractivity contribution in [3.05, 3.63) is 34.6 Å². The number of nitrogens with zero attached hydrogens (tertiary/aromatic N) is 1. The van der Waals surface area contributed by atoms with Gasteiger partial charge in [-0.3, -0.25) is 9.59 Å². The van der Waals surface area contributed by atoms with Crippen molar-refractivity contribution in [1.82, 2.24) is 4.90 Å². The van der Waals surface area contributed by atoms with Crippen LogP contribution in [0.15, 0.2) is 18.2 Å². The van der Waals surface area contributed by atoms with E-state index < -0.39 is 11.8 Å². The summed E-state index contributed by atoms with van der Waals surface area (Å²) in [5.74, 6) is -1.43. The van der Waals surface area contributed by atoms with Crippen LogP contribution < -0.4 is 0 Å². The second kappa shape index (κ2) is 7.09. The Morgan fingerprint density at radius 2 is 2.11 bits per heavy atom. The molecule has 0 saturated carbocycles. The summed E-state index contributed by atoms with van der Waals surface area (Å²) in [5, 5.41) is 0.197. The van der Waals surface area contributed by atoms with Crippen molar-refractivity contribution in [3.63, 3.8) is 0 Å². The van der Waals surface area contributed by atoms with Crippen LogP contribution in [0.1, 0.15) is 12.5 Å². The van der Waals surface area contributed by atoms with Crippen LogP contribution in [0.2, 0.25) is 5.02 Å². The van der Waals surface area contributed by atoms with E-state index in [1.54, 1.807) is 6.92 Å². The molecule has 0 aliphatic carbocycles. The second-order valence-electron chi connectivity index (χ2n) is 3.86. The zero-order valence-electron chi connectivity index (χ0n) is 10.8. The SMILES string of the molecule is CCN(CC(=O)OC)C(=O)Cc1c(F)cccc1Cl. The molecule has 1 amide bonds. The van der Waals surface area contributed by atoms with Gasteiger partial charge in [-0.1, -0.05) is 17.7 Å². The fraction of sp³-hybridized carbons (Fsp3) is 0.385. The standard InChI is InChI=1S/C13H15ClFNO3/c1-3-16(8-13(18)19-2)12(17)7-9-10(14)5-4-6-11(9)15/h4-6H,3,7-8H2,1-2H3. The molecule has 1 aromatic rings. The smallest absolute Gasteiger partial charge is 0.325 e. The number of methoxy groups -OCH3 is 1. The van der Waals surface area contributed by atoms with Gasteiger partial charge >= 0.3 is 5.97 Å². The van der Waals surface area contributed by atoms with Gasteiger partial charge in [0.2, 0.25) is 5.91 Å². The van der Waals surface area contributed by atoms with Crippen molar-refractivity contribution in [2.24, 2.45) is 0 Å². The molecular weight excluding hydrogens is 273 g/mol. The number of carbonyl (C=O) groups excluding carboxylic acids is 2. The van der Waals surface area contributed by atoms with Crippen LogP contribution in [0, 0.1) is 5.82 Å². The minimum atomic E-state index is -0.532. The molecule has 0 N–H and O–H groups in total. The number of rotatable bonds is 5. The molecular formula is C13H15ClFNO3. The van der Waals surface area contributed by atoms with Crippen molar-refractivity contribution in [3.8, 4) is 0 Å². The van der Waals surface area contributed by atoms with E-state index in [1.165, 1.54) is 30.2 Å². The van der Waals surface area contributed by atoms with Gasteiger partial charge in [0.1, 0.15) is 12.4 Å². The molecule has 0 spiro atoms. The Morgan fingerprint density at radius 1 is 1.42 bits per heavy atom. The third-order valence-corrected chi connectivity index (χ3v) is 3.03. The number of esters is 1. The quantitative estimate of drug-likeness (QED) is 0.779. The summed E-state index contributed by atoms with van der Waals surface area (Å²) in [6.07, 6.45) is -0.184. The van der Waals surface area contributed by atoms with E-state index in [4.69, 9.17) is 11.6 Å². The van der Waals surface area contributed by atoms with E-state index in [0.717, 1.165) is 0 Å². The number of halogens is 2. The van der Waals surface area contributed by atoms with Crippen molar-refractivity contribution < 1.29 is 18.7 Å². The molecule has 0 saturated heterocycles. The number of hydrogen-bond acceptors (Lipinski definition) is 3. The fourth-order valence-corrected chi connectivity index (χ4v) is 1.79. The average molecular weight is 288 g/mol. The van der Waals surface area contributed by atoms with Gasteiger partial charge in [-0.15, -0.1) is 0 Å². The van der Waals surface area contributed by atoms with E-state index in [9.17, 15) is 14.0 Å². The highest BCUT2D eigenvalue weighted by Crippen LogP contribution is 2.20. The predicted octanol–water partition coefficient (Wildman–Crippen LogP) is 2.04. The second-order valence-corrected chi connectivity index (χ2v) is 4.27. The van der Waals surface area contributed by atoms with Crippen LogP contribution >= 0.6 is 11.6 Å². The van der Waals surface area contributed by atoms with Gasteiger partial charge in [0, 0.05) is 17.1 Å². The predicted molar refractivity (Wildman–Crippen MR) is 69.4 cm³/mol. The molecule has 0 aromatic heterocycles. The van der Waals surface area contributed by atoms with Crippen molar-refractivity contribution in [2.75, 3.05) is 20.2 Å². The molecule has 104 valence electrons. The Bertz CT molecular complexity index is 459. The third kappa shape index (κ3) is 4.21. The molecule has 0 bridgehead atoms. The highest BCUT2D eigenvalue weighted by atomic mass is 35.5. The lowest BCUT2D eigenvalue weighted by Crippen LogP contribution is -2.37. The molecule has 6 heteroatoms. The van der Waals surface area contributed by atoms with Crippen LogP contribution in [0.25, 0.3) is 0 Å². The number of hydrogen-bond donors (Lipinski definition) is 0. The van der Waals surface area contributed by atoms with E-state index in [2.05, 4.69) is 4.74 Å². The summed E-state index contributed by atoms with van der Waals surface area (Å²) >= 11 is 5.85. The molecule has 1 rings (SSSR count). The van der Waals surface area contributed by atoms with Gasteiger partial charge in [0.25, 0.3) is 0 Å². The van der Waals surface area contributed by atoms with Crippen molar-refractivity contribution in [1.29, 1.82) is 0 Å². The first-order valence-corrected chi connectivity index (χ1v) is 6.14. The fourth-order valence-electron chi connectivity index (χ4n) is 1.56. The molecule has 0 unspecified atom stereocenters. The van der Waals surface area contributed by atoms with Crippen LogP contribution in [0.5, 0.6) is 0 Å². The van der Waals surface area contributed by atoms with Crippen LogP contribution in [-0.2, 0) is 20.7 Å². The van der Waals surface area contributed by atoms with E-state index in [0.29, 0.717) is 6.54 Å². The Balaban J connectivity index is 2.80. The Hall–Kier alpha value is -1.62. The summed E-state index contributed by atoms with van der Waals surface area (Å²) in [5.41, 5.74) is 0.137. The lowest BCUT2D eigenvalue weighted by molar-refractivity contribution is -0.146. The molecule has 0 aliphatic rings.